The van der Waals surface area contributed by atoms with Crippen molar-refractivity contribution >= 4 is 17.1 Å². The number of hydrogen-bond acceptors (Lipinski definition) is 7. The van der Waals surface area contributed by atoms with E-state index in [1.165, 1.54) is 6.07 Å². The van der Waals surface area contributed by atoms with Crippen molar-refractivity contribution in [1.82, 2.24) is 4.98 Å². The molecule has 0 aliphatic carbocycles. The largest absolute Gasteiger partial charge is 0.496 e. The molecule has 1 aromatic heterocycles. The van der Waals surface area contributed by atoms with Crippen molar-refractivity contribution in [2.24, 2.45) is 0 Å². The number of aromatic nitrogens is 1. The first-order valence-electron chi connectivity index (χ1n) is 8.42. The van der Waals surface area contributed by atoms with E-state index in [0.717, 1.165) is 11.1 Å². The SMILES string of the molecule is COc1cc(OC)c(C2=CCN(c3ncccc3[N+](=O)[O-])CC2)c(OC)c1. The van der Waals surface area contributed by atoms with Gasteiger partial charge in [-0.15, -0.1) is 0 Å². The fourth-order valence-electron chi connectivity index (χ4n) is 3.19. The normalized spacial score (nSPS) is 13.7. The van der Waals surface area contributed by atoms with E-state index in [1.54, 1.807) is 33.6 Å². The molecule has 0 saturated carbocycles. The Hall–Kier alpha value is -3.29. The lowest BCUT2D eigenvalue weighted by atomic mass is 9.97. The molecule has 0 bridgehead atoms. The molecular weight excluding hydrogens is 350 g/mol. The number of nitro groups is 1. The maximum Gasteiger partial charge on any atom is 0.311 e. The molecule has 142 valence electrons. The molecule has 2 aromatic rings. The van der Waals surface area contributed by atoms with Gasteiger partial charge in [0.2, 0.25) is 5.82 Å². The summed E-state index contributed by atoms with van der Waals surface area (Å²) in [5.41, 5.74) is 1.94. The summed E-state index contributed by atoms with van der Waals surface area (Å²) in [5.74, 6) is 2.35. The van der Waals surface area contributed by atoms with Crippen LogP contribution >= 0.6 is 0 Å². The van der Waals surface area contributed by atoms with E-state index in [0.29, 0.717) is 42.6 Å². The Balaban J connectivity index is 1.94. The third-order valence-electron chi connectivity index (χ3n) is 4.51. The van der Waals surface area contributed by atoms with Crippen molar-refractivity contribution in [2.45, 2.75) is 6.42 Å². The summed E-state index contributed by atoms with van der Waals surface area (Å²) >= 11 is 0. The van der Waals surface area contributed by atoms with E-state index in [4.69, 9.17) is 14.2 Å². The van der Waals surface area contributed by atoms with Gasteiger partial charge in [-0.3, -0.25) is 10.1 Å². The van der Waals surface area contributed by atoms with E-state index in [1.807, 2.05) is 23.1 Å². The summed E-state index contributed by atoms with van der Waals surface area (Å²) in [7, 11) is 4.79. The zero-order chi connectivity index (χ0) is 19.4. The molecule has 0 saturated heterocycles. The number of methoxy groups -OCH3 is 3. The molecule has 0 atom stereocenters. The van der Waals surface area contributed by atoms with Gasteiger partial charge in [-0.1, -0.05) is 6.08 Å². The molecule has 3 rings (SSSR count). The van der Waals surface area contributed by atoms with Gasteiger partial charge in [-0.2, -0.15) is 0 Å². The van der Waals surface area contributed by atoms with Crippen molar-refractivity contribution in [3.05, 3.63) is 52.2 Å². The number of hydrogen-bond donors (Lipinski definition) is 0. The molecular formula is C19H21N3O5. The van der Waals surface area contributed by atoms with Crippen LogP contribution in [0.1, 0.15) is 12.0 Å². The molecule has 8 heteroatoms. The minimum Gasteiger partial charge on any atom is -0.496 e. The predicted octanol–water partition coefficient (Wildman–Crippen LogP) is 3.31. The molecule has 27 heavy (non-hydrogen) atoms. The average Bonchev–Trinajstić information content (AvgIpc) is 2.72. The summed E-state index contributed by atoms with van der Waals surface area (Å²) in [4.78, 5) is 16.9. The van der Waals surface area contributed by atoms with E-state index in [2.05, 4.69) is 4.98 Å². The van der Waals surface area contributed by atoms with Crippen molar-refractivity contribution in [3.8, 4) is 17.2 Å². The van der Waals surface area contributed by atoms with E-state index in [9.17, 15) is 10.1 Å². The molecule has 0 unspecified atom stereocenters. The second-order valence-corrected chi connectivity index (χ2v) is 5.94. The molecule has 0 amide bonds. The lowest BCUT2D eigenvalue weighted by molar-refractivity contribution is -0.384. The summed E-state index contributed by atoms with van der Waals surface area (Å²) in [6, 6.07) is 6.67. The van der Waals surface area contributed by atoms with Crippen LogP contribution in [0.2, 0.25) is 0 Å². The summed E-state index contributed by atoms with van der Waals surface area (Å²) < 4.78 is 16.4. The van der Waals surface area contributed by atoms with Gasteiger partial charge in [0.15, 0.2) is 0 Å². The van der Waals surface area contributed by atoms with Crippen LogP contribution in [0.15, 0.2) is 36.5 Å². The standard InChI is InChI=1S/C19H21N3O5/c1-25-14-11-16(26-2)18(17(12-14)27-3)13-6-9-21(10-7-13)19-15(22(23)24)5-4-8-20-19/h4-6,8,11-12H,7,9-10H2,1-3H3. The Morgan fingerprint density at radius 1 is 1.15 bits per heavy atom. The Kier molecular flexibility index (Phi) is 5.44. The summed E-state index contributed by atoms with van der Waals surface area (Å²) in [6.45, 7) is 1.10. The maximum absolute atomic E-state index is 11.3. The number of ether oxygens (including phenoxy) is 3. The zero-order valence-electron chi connectivity index (χ0n) is 15.5. The van der Waals surface area contributed by atoms with Crippen LogP contribution in [0.3, 0.4) is 0 Å². The summed E-state index contributed by atoms with van der Waals surface area (Å²) in [6.07, 6.45) is 4.26. The number of anilines is 1. The first kappa shape index (κ1) is 18.5. The summed E-state index contributed by atoms with van der Waals surface area (Å²) in [5, 5.41) is 11.3. The fraction of sp³-hybridized carbons (Fsp3) is 0.316. The van der Waals surface area contributed by atoms with Crippen LogP contribution < -0.4 is 19.1 Å². The monoisotopic (exact) mass is 371 g/mol. The fourth-order valence-corrected chi connectivity index (χ4v) is 3.19. The second-order valence-electron chi connectivity index (χ2n) is 5.94. The zero-order valence-corrected chi connectivity index (χ0v) is 15.5. The topological polar surface area (TPSA) is 87.0 Å². The van der Waals surface area contributed by atoms with Crippen molar-refractivity contribution in [1.29, 1.82) is 0 Å². The van der Waals surface area contributed by atoms with Gasteiger partial charge in [-0.05, 0) is 18.1 Å². The van der Waals surface area contributed by atoms with Gasteiger partial charge in [-0.25, -0.2) is 4.98 Å². The Morgan fingerprint density at radius 3 is 2.37 bits per heavy atom. The van der Waals surface area contributed by atoms with Crippen LogP contribution in [0.25, 0.3) is 5.57 Å². The number of rotatable bonds is 6. The number of nitrogens with zero attached hydrogens (tertiary/aromatic N) is 3. The van der Waals surface area contributed by atoms with Crippen molar-refractivity contribution < 1.29 is 19.1 Å². The van der Waals surface area contributed by atoms with Gasteiger partial charge in [0.25, 0.3) is 0 Å². The molecule has 1 aliphatic rings. The van der Waals surface area contributed by atoms with Crippen LogP contribution in [0.5, 0.6) is 17.2 Å². The highest BCUT2D eigenvalue weighted by molar-refractivity contribution is 5.78. The lowest BCUT2D eigenvalue weighted by Crippen LogP contribution is -2.29. The molecule has 0 radical (unpaired) electrons. The minimum atomic E-state index is -0.406. The smallest absolute Gasteiger partial charge is 0.311 e. The molecule has 1 aliphatic heterocycles. The average molecular weight is 371 g/mol. The van der Waals surface area contributed by atoms with Gasteiger partial charge >= 0.3 is 5.69 Å². The van der Waals surface area contributed by atoms with Gasteiger partial charge in [0.1, 0.15) is 17.2 Å². The molecule has 0 fully saturated rings. The third kappa shape index (κ3) is 3.64. The van der Waals surface area contributed by atoms with E-state index in [-0.39, 0.29) is 5.69 Å². The van der Waals surface area contributed by atoms with Crippen LogP contribution in [0.4, 0.5) is 11.5 Å². The van der Waals surface area contributed by atoms with E-state index >= 15 is 0 Å². The quantitative estimate of drug-likeness (QED) is 0.569. The molecule has 0 N–H and O–H groups in total. The first-order chi connectivity index (χ1) is 13.1. The highest BCUT2D eigenvalue weighted by Crippen LogP contribution is 2.41. The van der Waals surface area contributed by atoms with Crippen LogP contribution in [0, 0.1) is 10.1 Å². The molecule has 8 nitrogen and oxygen atoms in total. The second kappa shape index (κ2) is 7.94. The predicted molar refractivity (Wildman–Crippen MR) is 102 cm³/mol. The van der Waals surface area contributed by atoms with Crippen LogP contribution in [-0.4, -0.2) is 44.3 Å². The van der Waals surface area contributed by atoms with Gasteiger partial charge in [0, 0.05) is 37.5 Å². The third-order valence-corrected chi connectivity index (χ3v) is 4.51. The minimum absolute atomic E-state index is 0.00829. The Bertz CT molecular complexity index is 856. The van der Waals surface area contributed by atoms with Gasteiger partial charge < -0.3 is 19.1 Å². The van der Waals surface area contributed by atoms with Crippen molar-refractivity contribution in [2.75, 3.05) is 39.3 Å². The van der Waals surface area contributed by atoms with Crippen molar-refractivity contribution in [3.63, 3.8) is 0 Å². The molecule has 1 aromatic carbocycles. The highest BCUT2D eigenvalue weighted by Gasteiger charge is 2.25. The number of pyridine rings is 1. The highest BCUT2D eigenvalue weighted by atomic mass is 16.6. The van der Waals surface area contributed by atoms with Gasteiger partial charge in [0.05, 0.1) is 31.8 Å². The molecule has 0 spiro atoms. The number of benzene rings is 1. The van der Waals surface area contributed by atoms with E-state index < -0.39 is 4.92 Å². The first-order valence-corrected chi connectivity index (χ1v) is 8.42. The maximum atomic E-state index is 11.3. The molecule has 2 heterocycles. The van der Waals surface area contributed by atoms with Crippen LogP contribution in [-0.2, 0) is 0 Å². The Labute approximate surface area is 157 Å². The lowest BCUT2D eigenvalue weighted by Gasteiger charge is -2.28. The Morgan fingerprint density at radius 2 is 1.85 bits per heavy atom.